The predicted octanol–water partition coefficient (Wildman–Crippen LogP) is 2.73. The number of hydrogen-bond donors (Lipinski definition) is 1. The number of fused-ring (bicyclic) bond motifs is 2. The Hall–Kier alpha value is -2.24. The van der Waals surface area contributed by atoms with Gasteiger partial charge in [0.05, 0.1) is 27.1 Å². The third kappa shape index (κ3) is 3.25. The summed E-state index contributed by atoms with van der Waals surface area (Å²) in [6.07, 6.45) is 0. The smallest absolute Gasteiger partial charge is 0.255 e. The van der Waals surface area contributed by atoms with Crippen LogP contribution >= 0.6 is 11.6 Å². The van der Waals surface area contributed by atoms with Gasteiger partial charge in [0.2, 0.25) is 0 Å². The molecule has 5 nitrogen and oxygen atoms in total. The third-order valence-corrected chi connectivity index (χ3v) is 3.85. The van der Waals surface area contributed by atoms with E-state index in [2.05, 4.69) is 15.3 Å². The van der Waals surface area contributed by atoms with E-state index in [-0.39, 0.29) is 5.91 Å². The van der Waals surface area contributed by atoms with Gasteiger partial charge in [0.1, 0.15) is 5.52 Å². The van der Waals surface area contributed by atoms with Crippen molar-refractivity contribution in [3.63, 3.8) is 0 Å². The van der Waals surface area contributed by atoms with Crippen molar-refractivity contribution in [1.82, 2.24) is 20.2 Å². The van der Waals surface area contributed by atoms with Crippen molar-refractivity contribution in [1.29, 1.82) is 0 Å². The van der Waals surface area contributed by atoms with E-state index >= 15 is 0 Å². The summed E-state index contributed by atoms with van der Waals surface area (Å²) in [6.45, 7) is 1.29. The number of nitrogens with one attached hydrogen (secondary N) is 1. The second kappa shape index (κ2) is 6.48. The van der Waals surface area contributed by atoms with E-state index in [4.69, 9.17) is 11.6 Å². The van der Waals surface area contributed by atoms with E-state index in [1.54, 1.807) is 12.1 Å². The Morgan fingerprint density at radius 3 is 2.48 bits per heavy atom. The van der Waals surface area contributed by atoms with Gasteiger partial charge in [-0.3, -0.25) is 4.79 Å². The number of hydrogen-bond acceptors (Lipinski definition) is 4. The molecule has 3 rings (SSSR count). The molecule has 0 saturated heterocycles. The fourth-order valence-corrected chi connectivity index (χ4v) is 2.60. The highest BCUT2D eigenvalue weighted by atomic mass is 35.5. The Bertz CT molecular complexity index is 879. The van der Waals surface area contributed by atoms with E-state index < -0.39 is 0 Å². The first-order chi connectivity index (χ1) is 11.1. The van der Waals surface area contributed by atoms with Crippen LogP contribution in [0.3, 0.4) is 0 Å². The monoisotopic (exact) mass is 328 g/mol. The third-order valence-electron chi connectivity index (χ3n) is 3.53. The van der Waals surface area contributed by atoms with Crippen LogP contribution in [0.1, 0.15) is 10.4 Å². The largest absolute Gasteiger partial charge is 0.351 e. The van der Waals surface area contributed by atoms with Crippen LogP contribution in [-0.4, -0.2) is 48.0 Å². The van der Waals surface area contributed by atoms with E-state index in [0.717, 1.165) is 17.6 Å². The van der Waals surface area contributed by atoms with Crippen LogP contribution in [-0.2, 0) is 0 Å². The minimum Gasteiger partial charge on any atom is -0.351 e. The van der Waals surface area contributed by atoms with Crippen molar-refractivity contribution < 1.29 is 4.79 Å². The molecule has 0 aliphatic carbocycles. The van der Waals surface area contributed by atoms with Crippen LogP contribution in [0.25, 0.3) is 22.1 Å². The summed E-state index contributed by atoms with van der Waals surface area (Å²) in [4.78, 5) is 23.7. The summed E-state index contributed by atoms with van der Waals surface area (Å²) in [7, 11) is 3.91. The van der Waals surface area contributed by atoms with Gasteiger partial charge in [-0.25, -0.2) is 9.97 Å². The van der Waals surface area contributed by atoms with Gasteiger partial charge in [-0.2, -0.15) is 0 Å². The molecule has 1 N–H and O–H groups in total. The number of halogens is 1. The topological polar surface area (TPSA) is 58.1 Å². The standard InChI is InChI=1S/C17H17ClN4O/c1-22(2)10-9-19-17(23)15-11(18)7-8-14-16(15)21-13-6-4-3-5-12(13)20-14/h3-8H,9-10H2,1-2H3,(H,19,23). The van der Waals surface area contributed by atoms with Crippen LogP contribution in [0, 0.1) is 0 Å². The molecule has 2 aromatic carbocycles. The molecule has 0 unspecified atom stereocenters. The highest BCUT2D eigenvalue weighted by molar-refractivity contribution is 6.35. The second-order valence-corrected chi connectivity index (χ2v) is 5.97. The normalized spacial score (nSPS) is 11.3. The number of benzene rings is 2. The molecule has 0 spiro atoms. The quantitative estimate of drug-likeness (QED) is 0.748. The van der Waals surface area contributed by atoms with Crippen LogP contribution in [0.15, 0.2) is 36.4 Å². The number of para-hydroxylation sites is 2. The number of amides is 1. The Labute approximate surface area is 139 Å². The Morgan fingerprint density at radius 1 is 1.09 bits per heavy atom. The zero-order valence-corrected chi connectivity index (χ0v) is 13.8. The van der Waals surface area contributed by atoms with Crippen molar-refractivity contribution in [3.8, 4) is 0 Å². The molecule has 3 aromatic rings. The minimum absolute atomic E-state index is 0.230. The van der Waals surface area contributed by atoms with Gasteiger partial charge < -0.3 is 10.2 Å². The average Bonchev–Trinajstić information content (AvgIpc) is 2.52. The van der Waals surface area contributed by atoms with Crippen LogP contribution < -0.4 is 5.32 Å². The summed E-state index contributed by atoms with van der Waals surface area (Å²) >= 11 is 6.25. The molecule has 0 atom stereocenters. The van der Waals surface area contributed by atoms with Crippen molar-refractivity contribution in [2.24, 2.45) is 0 Å². The molecule has 23 heavy (non-hydrogen) atoms. The van der Waals surface area contributed by atoms with E-state index in [1.807, 2.05) is 43.3 Å². The Morgan fingerprint density at radius 2 is 1.78 bits per heavy atom. The molecule has 118 valence electrons. The number of likely N-dealkylation sites (N-methyl/N-ethyl adjacent to an activating group) is 1. The lowest BCUT2D eigenvalue weighted by atomic mass is 10.1. The zero-order valence-electron chi connectivity index (χ0n) is 13.0. The number of carbonyl (C=O) groups is 1. The lowest BCUT2D eigenvalue weighted by Gasteiger charge is -2.12. The average molecular weight is 329 g/mol. The maximum atomic E-state index is 12.5. The lowest BCUT2D eigenvalue weighted by Crippen LogP contribution is -2.31. The summed E-state index contributed by atoms with van der Waals surface area (Å²) in [5.41, 5.74) is 3.09. The summed E-state index contributed by atoms with van der Waals surface area (Å²) in [5, 5.41) is 3.26. The maximum absolute atomic E-state index is 12.5. The molecule has 0 saturated carbocycles. The summed E-state index contributed by atoms with van der Waals surface area (Å²) in [5.74, 6) is -0.230. The highest BCUT2D eigenvalue weighted by Gasteiger charge is 2.17. The lowest BCUT2D eigenvalue weighted by molar-refractivity contribution is 0.0952. The van der Waals surface area contributed by atoms with Crippen LogP contribution in [0.4, 0.5) is 0 Å². The van der Waals surface area contributed by atoms with Gasteiger partial charge in [0, 0.05) is 13.1 Å². The van der Waals surface area contributed by atoms with Gasteiger partial charge in [-0.1, -0.05) is 23.7 Å². The molecular weight excluding hydrogens is 312 g/mol. The number of carbonyl (C=O) groups excluding carboxylic acids is 1. The van der Waals surface area contributed by atoms with Gasteiger partial charge >= 0.3 is 0 Å². The molecule has 0 fully saturated rings. The molecular formula is C17H17ClN4O. The Kier molecular flexibility index (Phi) is 4.41. The summed E-state index contributed by atoms with van der Waals surface area (Å²) < 4.78 is 0. The van der Waals surface area contributed by atoms with E-state index in [9.17, 15) is 4.79 Å². The van der Waals surface area contributed by atoms with Crippen molar-refractivity contribution in [3.05, 3.63) is 47.0 Å². The zero-order chi connectivity index (χ0) is 16.4. The van der Waals surface area contributed by atoms with Crippen molar-refractivity contribution in [2.45, 2.75) is 0 Å². The molecule has 1 aromatic heterocycles. The SMILES string of the molecule is CN(C)CCNC(=O)c1c(Cl)ccc2nc3ccccc3nc12. The molecule has 1 heterocycles. The van der Waals surface area contributed by atoms with Gasteiger partial charge in [0.15, 0.2) is 0 Å². The molecule has 0 radical (unpaired) electrons. The Balaban J connectivity index is 2.05. The van der Waals surface area contributed by atoms with Crippen molar-refractivity contribution in [2.75, 3.05) is 27.2 Å². The fraction of sp³-hybridized carbons (Fsp3) is 0.235. The van der Waals surface area contributed by atoms with Crippen molar-refractivity contribution >= 4 is 39.6 Å². The molecule has 0 aliphatic rings. The number of aromatic nitrogens is 2. The van der Waals surface area contributed by atoms with Gasteiger partial charge in [0.25, 0.3) is 5.91 Å². The number of rotatable bonds is 4. The van der Waals surface area contributed by atoms with E-state index in [1.165, 1.54) is 0 Å². The molecule has 1 amide bonds. The summed E-state index contributed by atoms with van der Waals surface area (Å²) in [6, 6.07) is 11.0. The first kappa shape index (κ1) is 15.6. The molecule has 0 aliphatic heterocycles. The molecule has 6 heteroatoms. The first-order valence-electron chi connectivity index (χ1n) is 7.34. The predicted molar refractivity (Wildman–Crippen MR) is 92.9 cm³/mol. The van der Waals surface area contributed by atoms with Crippen LogP contribution in [0.2, 0.25) is 5.02 Å². The first-order valence-corrected chi connectivity index (χ1v) is 7.72. The number of nitrogens with zero attached hydrogens (tertiary/aromatic N) is 3. The van der Waals surface area contributed by atoms with E-state index in [0.29, 0.717) is 28.2 Å². The van der Waals surface area contributed by atoms with Crippen LogP contribution in [0.5, 0.6) is 0 Å². The van der Waals surface area contributed by atoms with Gasteiger partial charge in [-0.15, -0.1) is 0 Å². The molecule has 0 bridgehead atoms. The highest BCUT2D eigenvalue weighted by Crippen LogP contribution is 2.25. The van der Waals surface area contributed by atoms with Gasteiger partial charge in [-0.05, 0) is 38.4 Å². The maximum Gasteiger partial charge on any atom is 0.255 e. The fourth-order valence-electron chi connectivity index (χ4n) is 2.36. The second-order valence-electron chi connectivity index (χ2n) is 5.56. The minimum atomic E-state index is -0.230.